The van der Waals surface area contributed by atoms with Crippen LogP contribution in [0, 0.1) is 6.92 Å². The number of rotatable bonds is 2. The number of allylic oxidation sites excluding steroid dienone is 1. The minimum Gasteiger partial charge on any atom is -0.253 e. The average molecular weight is 173 g/mol. The first-order valence-corrected chi connectivity index (χ1v) is 4.38. The predicted molar refractivity (Wildman–Crippen MR) is 58.8 cm³/mol. The van der Waals surface area contributed by atoms with Gasteiger partial charge < -0.3 is 0 Å². The van der Waals surface area contributed by atoms with Gasteiger partial charge in [0.2, 0.25) is 0 Å². The zero-order valence-electron chi connectivity index (χ0n) is 8.46. The SMILES string of the molecule is C=C(C)C(C)=Nc1ccccc1C. The van der Waals surface area contributed by atoms with Crippen LogP contribution in [-0.4, -0.2) is 5.71 Å². The highest BCUT2D eigenvalue weighted by molar-refractivity contribution is 5.98. The summed E-state index contributed by atoms with van der Waals surface area (Å²) in [4.78, 5) is 4.48. The molecule has 1 heteroatoms. The molecule has 0 saturated heterocycles. The highest BCUT2D eigenvalue weighted by atomic mass is 14.7. The van der Waals surface area contributed by atoms with Crippen LogP contribution in [0.2, 0.25) is 0 Å². The first-order chi connectivity index (χ1) is 6.11. The summed E-state index contributed by atoms with van der Waals surface area (Å²) >= 11 is 0. The number of hydrogen-bond donors (Lipinski definition) is 0. The van der Waals surface area contributed by atoms with E-state index in [9.17, 15) is 0 Å². The van der Waals surface area contributed by atoms with Gasteiger partial charge in [-0.15, -0.1) is 0 Å². The number of aryl methyl sites for hydroxylation is 1. The summed E-state index contributed by atoms with van der Waals surface area (Å²) in [6, 6.07) is 8.09. The fourth-order valence-corrected chi connectivity index (χ4v) is 0.965. The van der Waals surface area contributed by atoms with Crippen LogP contribution in [0.25, 0.3) is 0 Å². The van der Waals surface area contributed by atoms with Crippen molar-refractivity contribution < 1.29 is 0 Å². The van der Waals surface area contributed by atoms with Crippen molar-refractivity contribution in [3.8, 4) is 0 Å². The molecule has 0 bridgehead atoms. The highest BCUT2D eigenvalue weighted by Crippen LogP contribution is 2.18. The van der Waals surface area contributed by atoms with Gasteiger partial charge in [-0.25, -0.2) is 0 Å². The molecule has 13 heavy (non-hydrogen) atoms. The highest BCUT2D eigenvalue weighted by Gasteiger charge is 1.95. The van der Waals surface area contributed by atoms with Crippen molar-refractivity contribution in [2.75, 3.05) is 0 Å². The monoisotopic (exact) mass is 173 g/mol. The minimum atomic E-state index is 0.995. The second kappa shape index (κ2) is 4.04. The molecular formula is C12H15N. The smallest absolute Gasteiger partial charge is 0.0662 e. The molecule has 0 fully saturated rings. The molecule has 0 spiro atoms. The van der Waals surface area contributed by atoms with Crippen LogP contribution in [-0.2, 0) is 0 Å². The van der Waals surface area contributed by atoms with Gasteiger partial charge >= 0.3 is 0 Å². The lowest BCUT2D eigenvalue weighted by molar-refractivity contribution is 1.38. The lowest BCUT2D eigenvalue weighted by Gasteiger charge is -2.01. The van der Waals surface area contributed by atoms with E-state index in [2.05, 4.69) is 24.6 Å². The van der Waals surface area contributed by atoms with Gasteiger partial charge in [0, 0.05) is 5.71 Å². The van der Waals surface area contributed by atoms with E-state index in [0.29, 0.717) is 0 Å². The van der Waals surface area contributed by atoms with E-state index >= 15 is 0 Å². The molecule has 0 heterocycles. The zero-order valence-corrected chi connectivity index (χ0v) is 8.46. The van der Waals surface area contributed by atoms with Gasteiger partial charge in [-0.2, -0.15) is 0 Å². The van der Waals surface area contributed by atoms with Crippen LogP contribution in [0.15, 0.2) is 41.4 Å². The average Bonchev–Trinajstić information content (AvgIpc) is 2.08. The molecule has 0 aliphatic rings. The zero-order chi connectivity index (χ0) is 9.84. The Morgan fingerprint density at radius 2 is 1.85 bits per heavy atom. The van der Waals surface area contributed by atoms with Gasteiger partial charge in [0.1, 0.15) is 0 Å². The molecule has 0 aromatic heterocycles. The second-order valence-corrected chi connectivity index (χ2v) is 3.26. The lowest BCUT2D eigenvalue weighted by Crippen LogP contribution is -1.90. The van der Waals surface area contributed by atoms with Crippen LogP contribution in [0.4, 0.5) is 5.69 Å². The maximum absolute atomic E-state index is 4.48. The molecule has 0 saturated carbocycles. The Kier molecular flexibility index (Phi) is 3.02. The third-order valence-electron chi connectivity index (χ3n) is 2.02. The number of nitrogens with zero attached hydrogens (tertiary/aromatic N) is 1. The van der Waals surface area contributed by atoms with Crippen molar-refractivity contribution in [1.29, 1.82) is 0 Å². The number of para-hydroxylation sites is 1. The van der Waals surface area contributed by atoms with E-state index < -0.39 is 0 Å². The Morgan fingerprint density at radius 1 is 1.23 bits per heavy atom. The molecule has 0 radical (unpaired) electrons. The summed E-state index contributed by atoms with van der Waals surface area (Å²) < 4.78 is 0. The van der Waals surface area contributed by atoms with Gasteiger partial charge in [-0.1, -0.05) is 24.8 Å². The second-order valence-electron chi connectivity index (χ2n) is 3.26. The Morgan fingerprint density at radius 3 is 2.38 bits per heavy atom. The summed E-state index contributed by atoms with van der Waals surface area (Å²) in [6.45, 7) is 9.86. The third kappa shape index (κ3) is 2.55. The Balaban J connectivity index is 3.04. The minimum absolute atomic E-state index is 0.995. The molecule has 0 N–H and O–H groups in total. The fraction of sp³-hybridized carbons (Fsp3) is 0.250. The van der Waals surface area contributed by atoms with E-state index in [0.717, 1.165) is 17.0 Å². The topological polar surface area (TPSA) is 12.4 Å². The van der Waals surface area contributed by atoms with Crippen molar-refractivity contribution in [3.05, 3.63) is 42.0 Å². The predicted octanol–water partition coefficient (Wildman–Crippen LogP) is 3.66. The molecule has 1 aromatic rings. The summed E-state index contributed by atoms with van der Waals surface area (Å²) in [5.41, 5.74) is 4.24. The van der Waals surface area contributed by atoms with Crippen LogP contribution in [0.3, 0.4) is 0 Å². The van der Waals surface area contributed by atoms with E-state index in [4.69, 9.17) is 0 Å². The van der Waals surface area contributed by atoms with Gasteiger partial charge in [-0.3, -0.25) is 4.99 Å². The molecule has 1 nitrogen and oxygen atoms in total. The van der Waals surface area contributed by atoms with Crippen LogP contribution in [0.1, 0.15) is 19.4 Å². The number of benzene rings is 1. The Bertz CT molecular complexity index is 348. The summed E-state index contributed by atoms with van der Waals surface area (Å²) in [5.74, 6) is 0. The van der Waals surface area contributed by atoms with Crippen molar-refractivity contribution in [3.63, 3.8) is 0 Å². The van der Waals surface area contributed by atoms with Crippen molar-refractivity contribution in [1.82, 2.24) is 0 Å². The molecule has 0 aliphatic heterocycles. The largest absolute Gasteiger partial charge is 0.253 e. The first kappa shape index (κ1) is 9.72. The molecule has 0 atom stereocenters. The molecule has 0 amide bonds. The molecule has 1 aromatic carbocycles. The van der Waals surface area contributed by atoms with Crippen molar-refractivity contribution >= 4 is 11.4 Å². The molecule has 0 unspecified atom stereocenters. The van der Waals surface area contributed by atoms with Gasteiger partial charge in [0.25, 0.3) is 0 Å². The van der Waals surface area contributed by atoms with Crippen LogP contribution >= 0.6 is 0 Å². The van der Waals surface area contributed by atoms with E-state index in [1.165, 1.54) is 5.56 Å². The van der Waals surface area contributed by atoms with Gasteiger partial charge in [0.15, 0.2) is 0 Å². The first-order valence-electron chi connectivity index (χ1n) is 4.38. The van der Waals surface area contributed by atoms with E-state index in [1.807, 2.05) is 32.0 Å². The molecule has 1 rings (SSSR count). The van der Waals surface area contributed by atoms with E-state index in [1.54, 1.807) is 0 Å². The fourth-order valence-electron chi connectivity index (χ4n) is 0.965. The Hall–Kier alpha value is -1.37. The lowest BCUT2D eigenvalue weighted by atomic mass is 10.2. The molecular weight excluding hydrogens is 158 g/mol. The summed E-state index contributed by atoms with van der Waals surface area (Å²) in [7, 11) is 0. The van der Waals surface area contributed by atoms with Crippen LogP contribution in [0.5, 0.6) is 0 Å². The van der Waals surface area contributed by atoms with E-state index in [-0.39, 0.29) is 0 Å². The standard InChI is InChI=1S/C12H15N/c1-9(2)11(4)13-12-8-6-5-7-10(12)3/h5-8H,1H2,2-4H3. The van der Waals surface area contributed by atoms with Crippen molar-refractivity contribution in [2.24, 2.45) is 4.99 Å². The van der Waals surface area contributed by atoms with Gasteiger partial charge in [-0.05, 0) is 38.0 Å². The molecule has 0 aliphatic carbocycles. The maximum Gasteiger partial charge on any atom is 0.0662 e. The number of hydrogen-bond acceptors (Lipinski definition) is 1. The third-order valence-corrected chi connectivity index (χ3v) is 2.02. The summed E-state index contributed by atoms with van der Waals surface area (Å²) in [6.07, 6.45) is 0. The normalized spacial score (nSPS) is 11.5. The quantitative estimate of drug-likeness (QED) is 0.605. The number of aliphatic imine (C=N–C) groups is 1. The van der Waals surface area contributed by atoms with Crippen LogP contribution < -0.4 is 0 Å². The van der Waals surface area contributed by atoms with Crippen molar-refractivity contribution in [2.45, 2.75) is 20.8 Å². The Labute approximate surface area is 79.8 Å². The van der Waals surface area contributed by atoms with Gasteiger partial charge in [0.05, 0.1) is 5.69 Å². The molecule has 68 valence electrons. The maximum atomic E-state index is 4.48. The summed E-state index contributed by atoms with van der Waals surface area (Å²) in [5, 5.41) is 0.